The van der Waals surface area contributed by atoms with Gasteiger partial charge in [-0.05, 0) is 42.6 Å². The zero-order chi connectivity index (χ0) is 19.5. The molecule has 7 heteroatoms. The molecule has 0 fully saturated rings. The van der Waals surface area contributed by atoms with Gasteiger partial charge in [0, 0.05) is 23.6 Å². The van der Waals surface area contributed by atoms with Crippen LogP contribution in [0.4, 0.5) is 5.69 Å². The Balaban J connectivity index is 1.41. The number of carbonyl (C=O) groups excluding carboxylic acids is 2. The van der Waals surface area contributed by atoms with Gasteiger partial charge < -0.3 is 15.0 Å². The Morgan fingerprint density at radius 1 is 1.07 bits per heavy atom. The van der Waals surface area contributed by atoms with Crippen molar-refractivity contribution in [1.29, 1.82) is 0 Å². The molecule has 2 N–H and O–H groups in total. The van der Waals surface area contributed by atoms with Crippen molar-refractivity contribution in [2.75, 3.05) is 5.32 Å². The van der Waals surface area contributed by atoms with E-state index >= 15 is 0 Å². The van der Waals surface area contributed by atoms with Gasteiger partial charge in [0.2, 0.25) is 5.91 Å². The molecule has 140 valence electrons. The fourth-order valence-electron chi connectivity index (χ4n) is 2.79. The van der Waals surface area contributed by atoms with Gasteiger partial charge >= 0.3 is 0 Å². The van der Waals surface area contributed by atoms with Crippen molar-refractivity contribution in [3.05, 3.63) is 77.2 Å². The first kappa shape index (κ1) is 17.9. The van der Waals surface area contributed by atoms with E-state index in [1.807, 2.05) is 64.6 Å². The second-order valence-electron chi connectivity index (χ2n) is 6.33. The fourth-order valence-corrected chi connectivity index (χ4v) is 3.42. The Hall–Kier alpha value is -3.45. The average Bonchev–Trinajstić information content (AvgIpc) is 3.38. The van der Waals surface area contributed by atoms with E-state index in [1.165, 1.54) is 11.3 Å². The third-order valence-electron chi connectivity index (χ3n) is 4.30. The molecule has 0 saturated carbocycles. The molecule has 4 aromatic rings. The number of anilines is 1. The molecule has 0 radical (unpaired) electrons. The van der Waals surface area contributed by atoms with Crippen molar-refractivity contribution in [2.45, 2.75) is 13.0 Å². The molecule has 0 spiro atoms. The number of aromatic nitrogens is 2. The smallest absolute Gasteiger partial charge is 0.261 e. The summed E-state index contributed by atoms with van der Waals surface area (Å²) in [5.74, 6) is -0.523. The number of thiophene rings is 1. The lowest BCUT2D eigenvalue weighted by Crippen LogP contribution is -2.41. The van der Waals surface area contributed by atoms with Gasteiger partial charge in [-0.25, -0.2) is 4.98 Å². The minimum absolute atomic E-state index is 0.250. The molecule has 0 aliphatic rings. The number of imidazole rings is 1. The number of hydrogen-bond donors (Lipinski definition) is 2. The maximum Gasteiger partial charge on any atom is 0.261 e. The summed E-state index contributed by atoms with van der Waals surface area (Å²) < 4.78 is 1.96. The molecular formula is C21H18N4O2S. The van der Waals surface area contributed by atoms with Crippen molar-refractivity contribution in [2.24, 2.45) is 0 Å². The lowest BCUT2D eigenvalue weighted by atomic mass is 10.1. The van der Waals surface area contributed by atoms with Crippen molar-refractivity contribution < 1.29 is 9.59 Å². The molecule has 0 bridgehead atoms. The molecule has 4 rings (SSSR count). The van der Waals surface area contributed by atoms with Gasteiger partial charge in [0.25, 0.3) is 5.91 Å². The van der Waals surface area contributed by atoms with Gasteiger partial charge in [-0.15, -0.1) is 11.3 Å². The molecule has 1 aromatic carbocycles. The van der Waals surface area contributed by atoms with E-state index in [0.717, 1.165) is 16.9 Å². The number of nitrogens with zero attached hydrogens (tertiary/aromatic N) is 2. The standard InChI is InChI=1S/C21H18N4O2S/c1-14(22-21(27)18-5-4-12-28-18)20(26)23-16-9-7-15(8-10-16)17-13-25-11-3-2-6-19(25)24-17/h2-14H,1H3,(H,22,27)(H,23,26)/t14-/m1/s1. The molecule has 1 atom stereocenters. The Morgan fingerprint density at radius 3 is 2.61 bits per heavy atom. The van der Waals surface area contributed by atoms with Crippen LogP contribution in [0.15, 0.2) is 72.4 Å². The first-order chi connectivity index (χ1) is 13.6. The second-order valence-corrected chi connectivity index (χ2v) is 7.28. The number of benzene rings is 1. The summed E-state index contributed by atoms with van der Waals surface area (Å²) in [6, 6.07) is 16.2. The molecular weight excluding hydrogens is 372 g/mol. The molecule has 28 heavy (non-hydrogen) atoms. The normalized spacial score (nSPS) is 11.9. The lowest BCUT2D eigenvalue weighted by molar-refractivity contribution is -0.117. The first-order valence-corrected chi connectivity index (χ1v) is 9.67. The number of pyridine rings is 1. The van der Waals surface area contributed by atoms with E-state index in [9.17, 15) is 9.59 Å². The predicted octanol–water partition coefficient (Wildman–Crippen LogP) is 3.82. The summed E-state index contributed by atoms with van der Waals surface area (Å²) in [7, 11) is 0. The molecule has 0 aliphatic carbocycles. The van der Waals surface area contributed by atoms with Crippen LogP contribution in [0.3, 0.4) is 0 Å². The van der Waals surface area contributed by atoms with Crippen molar-refractivity contribution in [3.8, 4) is 11.3 Å². The van der Waals surface area contributed by atoms with E-state index in [-0.39, 0.29) is 11.8 Å². The summed E-state index contributed by atoms with van der Waals surface area (Å²) in [4.78, 5) is 29.6. The van der Waals surface area contributed by atoms with Crippen LogP contribution in [0, 0.1) is 0 Å². The number of fused-ring (bicyclic) bond motifs is 1. The predicted molar refractivity (Wildman–Crippen MR) is 111 cm³/mol. The van der Waals surface area contributed by atoms with Crippen LogP contribution in [-0.4, -0.2) is 27.2 Å². The molecule has 0 saturated heterocycles. The zero-order valence-corrected chi connectivity index (χ0v) is 15.9. The van der Waals surface area contributed by atoms with Crippen LogP contribution in [0.1, 0.15) is 16.6 Å². The number of amides is 2. The molecule has 0 aliphatic heterocycles. The molecule has 3 aromatic heterocycles. The largest absolute Gasteiger partial charge is 0.340 e. The van der Waals surface area contributed by atoms with Crippen molar-refractivity contribution >= 4 is 34.5 Å². The van der Waals surface area contributed by atoms with E-state index in [2.05, 4.69) is 15.6 Å². The van der Waals surface area contributed by atoms with Gasteiger partial charge in [-0.3, -0.25) is 9.59 Å². The Labute approximate surface area is 165 Å². The fraction of sp³-hybridized carbons (Fsp3) is 0.0952. The van der Waals surface area contributed by atoms with Crippen molar-refractivity contribution in [3.63, 3.8) is 0 Å². The summed E-state index contributed by atoms with van der Waals surface area (Å²) in [5.41, 5.74) is 3.36. The summed E-state index contributed by atoms with van der Waals surface area (Å²) in [6.07, 6.45) is 3.91. The summed E-state index contributed by atoms with van der Waals surface area (Å²) in [6.45, 7) is 1.66. The van der Waals surface area contributed by atoms with Gasteiger partial charge in [-0.2, -0.15) is 0 Å². The van der Waals surface area contributed by atoms with Crippen molar-refractivity contribution in [1.82, 2.24) is 14.7 Å². The van der Waals surface area contributed by atoms with Gasteiger partial charge in [0.1, 0.15) is 11.7 Å². The maximum atomic E-state index is 12.4. The van der Waals surface area contributed by atoms with E-state index in [1.54, 1.807) is 19.1 Å². The number of rotatable bonds is 5. The lowest BCUT2D eigenvalue weighted by Gasteiger charge is -2.13. The molecule has 2 amide bonds. The molecule has 6 nitrogen and oxygen atoms in total. The highest BCUT2D eigenvalue weighted by atomic mass is 32.1. The molecule has 0 unspecified atom stereocenters. The highest BCUT2D eigenvalue weighted by Crippen LogP contribution is 2.21. The summed E-state index contributed by atoms with van der Waals surface area (Å²) in [5, 5.41) is 7.35. The highest BCUT2D eigenvalue weighted by molar-refractivity contribution is 7.12. The summed E-state index contributed by atoms with van der Waals surface area (Å²) >= 11 is 1.34. The average molecular weight is 390 g/mol. The third kappa shape index (κ3) is 3.79. The van der Waals surface area contributed by atoms with Crippen LogP contribution in [-0.2, 0) is 4.79 Å². The zero-order valence-electron chi connectivity index (χ0n) is 15.1. The molecule has 3 heterocycles. The number of carbonyl (C=O) groups is 2. The van der Waals surface area contributed by atoms with E-state index in [0.29, 0.717) is 10.6 Å². The highest BCUT2D eigenvalue weighted by Gasteiger charge is 2.17. The Bertz CT molecular complexity index is 1080. The minimum atomic E-state index is -0.646. The Kier molecular flexibility index (Phi) is 4.90. The topological polar surface area (TPSA) is 75.5 Å². The Morgan fingerprint density at radius 2 is 1.89 bits per heavy atom. The maximum absolute atomic E-state index is 12.4. The second kappa shape index (κ2) is 7.66. The number of nitrogens with one attached hydrogen (secondary N) is 2. The van der Waals surface area contributed by atoms with Crippen LogP contribution in [0.2, 0.25) is 0 Å². The van der Waals surface area contributed by atoms with Gasteiger partial charge in [0.05, 0.1) is 10.6 Å². The monoisotopic (exact) mass is 390 g/mol. The quantitative estimate of drug-likeness (QED) is 0.544. The first-order valence-electron chi connectivity index (χ1n) is 8.79. The van der Waals surface area contributed by atoms with Gasteiger partial charge in [-0.1, -0.05) is 24.3 Å². The van der Waals surface area contributed by atoms with Crippen LogP contribution in [0.5, 0.6) is 0 Å². The SMILES string of the molecule is C[C@@H](NC(=O)c1cccs1)C(=O)Nc1ccc(-c2cn3ccccc3n2)cc1. The number of hydrogen-bond acceptors (Lipinski definition) is 4. The van der Waals surface area contributed by atoms with Crippen LogP contribution >= 0.6 is 11.3 Å². The van der Waals surface area contributed by atoms with Crippen LogP contribution in [0.25, 0.3) is 16.9 Å². The minimum Gasteiger partial charge on any atom is -0.340 e. The van der Waals surface area contributed by atoms with Gasteiger partial charge in [0.15, 0.2) is 0 Å². The van der Waals surface area contributed by atoms with Crippen LogP contribution < -0.4 is 10.6 Å². The van der Waals surface area contributed by atoms with E-state index < -0.39 is 6.04 Å². The van der Waals surface area contributed by atoms with E-state index in [4.69, 9.17) is 0 Å². The third-order valence-corrected chi connectivity index (χ3v) is 5.17.